The molecule has 1 heterocycles. The van der Waals surface area contributed by atoms with Gasteiger partial charge in [0.25, 0.3) is 0 Å². The molecule has 1 unspecified atom stereocenters. The molecule has 0 bridgehead atoms. The summed E-state index contributed by atoms with van der Waals surface area (Å²) in [5.74, 6) is 0. The maximum absolute atomic E-state index is 5.89. The van der Waals surface area contributed by atoms with Crippen molar-refractivity contribution >= 4 is 11.3 Å². The van der Waals surface area contributed by atoms with Gasteiger partial charge in [-0.3, -0.25) is 0 Å². The van der Waals surface area contributed by atoms with E-state index in [-0.39, 0.29) is 0 Å². The summed E-state index contributed by atoms with van der Waals surface area (Å²) in [5.41, 5.74) is 6.26. The predicted molar refractivity (Wildman–Crippen MR) is 61.5 cm³/mol. The van der Waals surface area contributed by atoms with E-state index in [1.54, 1.807) is 0 Å². The van der Waals surface area contributed by atoms with Crippen molar-refractivity contribution in [3.8, 4) is 0 Å². The molecule has 1 saturated carbocycles. The van der Waals surface area contributed by atoms with E-state index < -0.39 is 0 Å². The first-order valence-electron chi connectivity index (χ1n) is 5.09. The molecular formula is C11H18N2S. The van der Waals surface area contributed by atoms with Gasteiger partial charge in [-0.1, -0.05) is 6.07 Å². The third-order valence-corrected chi connectivity index (χ3v) is 4.13. The highest BCUT2D eigenvalue weighted by atomic mass is 32.1. The Hall–Kier alpha value is -0.380. The van der Waals surface area contributed by atoms with Gasteiger partial charge in [-0.2, -0.15) is 0 Å². The van der Waals surface area contributed by atoms with E-state index in [1.807, 2.05) is 11.3 Å². The molecule has 14 heavy (non-hydrogen) atoms. The van der Waals surface area contributed by atoms with E-state index in [2.05, 4.69) is 36.5 Å². The normalized spacial score (nSPS) is 21.1. The molecule has 2 N–H and O–H groups in total. The Morgan fingerprint density at radius 2 is 2.29 bits per heavy atom. The van der Waals surface area contributed by atoms with Crippen LogP contribution in [0.4, 0.5) is 0 Å². The minimum Gasteiger partial charge on any atom is -0.330 e. The van der Waals surface area contributed by atoms with Crippen molar-refractivity contribution in [2.24, 2.45) is 11.1 Å². The van der Waals surface area contributed by atoms with Gasteiger partial charge in [-0.15, -0.1) is 11.3 Å². The zero-order valence-corrected chi connectivity index (χ0v) is 9.68. The second-order valence-electron chi connectivity index (χ2n) is 4.45. The van der Waals surface area contributed by atoms with Crippen molar-refractivity contribution in [3.63, 3.8) is 0 Å². The maximum Gasteiger partial charge on any atom is 0.0504 e. The minimum absolute atomic E-state index is 0.369. The molecule has 1 aromatic rings. The van der Waals surface area contributed by atoms with Crippen LogP contribution in [0.25, 0.3) is 0 Å². The number of nitrogens with two attached hydrogens (primary N) is 1. The monoisotopic (exact) mass is 210 g/mol. The van der Waals surface area contributed by atoms with Crippen molar-refractivity contribution < 1.29 is 0 Å². The molecule has 1 fully saturated rings. The quantitative estimate of drug-likeness (QED) is 0.824. The van der Waals surface area contributed by atoms with Crippen LogP contribution in [0.2, 0.25) is 0 Å². The summed E-state index contributed by atoms with van der Waals surface area (Å²) >= 11 is 1.84. The van der Waals surface area contributed by atoms with Crippen LogP contribution in [0.5, 0.6) is 0 Å². The summed E-state index contributed by atoms with van der Waals surface area (Å²) in [5, 5.41) is 2.15. The lowest BCUT2D eigenvalue weighted by Crippen LogP contribution is -2.32. The molecule has 0 spiro atoms. The molecular weight excluding hydrogens is 192 g/mol. The molecule has 1 aliphatic rings. The van der Waals surface area contributed by atoms with E-state index in [0.29, 0.717) is 11.5 Å². The van der Waals surface area contributed by atoms with Crippen LogP contribution < -0.4 is 5.73 Å². The molecule has 3 heteroatoms. The average Bonchev–Trinajstić information content (AvgIpc) is 2.73. The summed E-state index contributed by atoms with van der Waals surface area (Å²) in [6.07, 6.45) is 2.56. The third-order valence-electron chi connectivity index (χ3n) is 3.21. The second-order valence-corrected chi connectivity index (χ2v) is 5.43. The Bertz CT molecular complexity index is 288. The molecule has 0 radical (unpaired) electrons. The number of hydrogen-bond donors (Lipinski definition) is 1. The molecule has 0 aliphatic heterocycles. The van der Waals surface area contributed by atoms with Crippen LogP contribution in [0.15, 0.2) is 17.5 Å². The van der Waals surface area contributed by atoms with Crippen LogP contribution in [-0.2, 0) is 0 Å². The van der Waals surface area contributed by atoms with Gasteiger partial charge in [0.2, 0.25) is 0 Å². The number of rotatable bonds is 4. The number of hydrogen-bond acceptors (Lipinski definition) is 3. The minimum atomic E-state index is 0.369. The van der Waals surface area contributed by atoms with Gasteiger partial charge in [0, 0.05) is 10.3 Å². The standard InChI is InChI=1S/C11H18N2S/c1-13(2)10(9-4-3-7-14-9)11(8-12)5-6-11/h3-4,7,10H,5-6,8,12H2,1-2H3. The lowest BCUT2D eigenvalue weighted by Gasteiger charge is -2.31. The zero-order valence-electron chi connectivity index (χ0n) is 8.86. The fraction of sp³-hybridized carbons (Fsp3) is 0.636. The highest BCUT2D eigenvalue weighted by Gasteiger charge is 2.50. The van der Waals surface area contributed by atoms with Crippen LogP contribution in [-0.4, -0.2) is 25.5 Å². The molecule has 2 rings (SSSR count). The number of thiophene rings is 1. The summed E-state index contributed by atoms with van der Waals surface area (Å²) < 4.78 is 0. The Labute approximate surface area is 89.7 Å². The van der Waals surface area contributed by atoms with Gasteiger partial charge in [-0.25, -0.2) is 0 Å². The first-order valence-corrected chi connectivity index (χ1v) is 5.97. The van der Waals surface area contributed by atoms with Crippen molar-refractivity contribution in [3.05, 3.63) is 22.4 Å². The Balaban J connectivity index is 2.25. The SMILES string of the molecule is CN(C)C(c1cccs1)C1(CN)CC1. The molecule has 1 atom stereocenters. The Kier molecular flexibility index (Phi) is 2.64. The largest absolute Gasteiger partial charge is 0.330 e. The molecule has 1 aliphatic carbocycles. The Morgan fingerprint density at radius 1 is 1.57 bits per heavy atom. The highest BCUT2D eigenvalue weighted by molar-refractivity contribution is 7.10. The first kappa shape index (κ1) is 10.1. The highest BCUT2D eigenvalue weighted by Crippen LogP contribution is 2.56. The van der Waals surface area contributed by atoms with E-state index in [4.69, 9.17) is 5.73 Å². The van der Waals surface area contributed by atoms with Gasteiger partial charge >= 0.3 is 0 Å². The zero-order chi connectivity index (χ0) is 10.2. The van der Waals surface area contributed by atoms with Gasteiger partial charge in [0.15, 0.2) is 0 Å². The third kappa shape index (κ3) is 1.60. The van der Waals surface area contributed by atoms with Crippen LogP contribution in [0.1, 0.15) is 23.8 Å². The van der Waals surface area contributed by atoms with E-state index in [0.717, 1.165) is 6.54 Å². The van der Waals surface area contributed by atoms with Crippen LogP contribution >= 0.6 is 11.3 Å². The van der Waals surface area contributed by atoms with Crippen LogP contribution in [0.3, 0.4) is 0 Å². The van der Waals surface area contributed by atoms with E-state index in [1.165, 1.54) is 17.7 Å². The van der Waals surface area contributed by atoms with E-state index >= 15 is 0 Å². The molecule has 78 valence electrons. The second kappa shape index (κ2) is 3.65. The maximum atomic E-state index is 5.89. The van der Waals surface area contributed by atoms with Gasteiger partial charge in [0.1, 0.15) is 0 Å². The fourth-order valence-corrected chi connectivity index (χ4v) is 3.36. The molecule has 2 nitrogen and oxygen atoms in total. The van der Waals surface area contributed by atoms with Crippen molar-refractivity contribution in [2.75, 3.05) is 20.6 Å². The van der Waals surface area contributed by atoms with Gasteiger partial charge < -0.3 is 10.6 Å². The van der Waals surface area contributed by atoms with Crippen molar-refractivity contribution in [1.29, 1.82) is 0 Å². The molecule has 0 saturated heterocycles. The molecule has 1 aromatic heterocycles. The van der Waals surface area contributed by atoms with Crippen LogP contribution in [0, 0.1) is 5.41 Å². The van der Waals surface area contributed by atoms with E-state index in [9.17, 15) is 0 Å². The topological polar surface area (TPSA) is 29.3 Å². The van der Waals surface area contributed by atoms with Crippen molar-refractivity contribution in [1.82, 2.24) is 4.90 Å². The lowest BCUT2D eigenvalue weighted by atomic mass is 9.94. The van der Waals surface area contributed by atoms with Gasteiger partial charge in [0.05, 0.1) is 6.04 Å². The first-order chi connectivity index (χ1) is 6.69. The smallest absolute Gasteiger partial charge is 0.0504 e. The summed E-state index contributed by atoms with van der Waals surface area (Å²) in [6, 6.07) is 4.88. The fourth-order valence-electron chi connectivity index (χ4n) is 2.30. The lowest BCUT2D eigenvalue weighted by molar-refractivity contribution is 0.202. The molecule has 0 amide bonds. The molecule has 0 aromatic carbocycles. The summed E-state index contributed by atoms with van der Waals surface area (Å²) in [4.78, 5) is 3.77. The Morgan fingerprint density at radius 3 is 2.64 bits per heavy atom. The summed E-state index contributed by atoms with van der Waals surface area (Å²) in [7, 11) is 4.31. The summed E-state index contributed by atoms with van der Waals surface area (Å²) in [6.45, 7) is 0.813. The number of nitrogens with zero attached hydrogens (tertiary/aromatic N) is 1. The van der Waals surface area contributed by atoms with Crippen molar-refractivity contribution in [2.45, 2.75) is 18.9 Å². The van der Waals surface area contributed by atoms with Gasteiger partial charge in [-0.05, 0) is 44.9 Å². The predicted octanol–water partition coefficient (Wildman–Crippen LogP) is 2.09. The average molecular weight is 210 g/mol.